The van der Waals surface area contributed by atoms with E-state index < -0.39 is 12.0 Å². The van der Waals surface area contributed by atoms with Crippen molar-refractivity contribution in [3.8, 4) is 0 Å². The van der Waals surface area contributed by atoms with Gasteiger partial charge in [-0.3, -0.25) is 9.59 Å². The van der Waals surface area contributed by atoms with E-state index in [1.54, 1.807) is 0 Å². The second-order valence-corrected chi connectivity index (χ2v) is 5.38. The molecule has 0 bridgehead atoms. The minimum absolute atomic E-state index is 0.0334. The Bertz CT molecular complexity index is 502. The van der Waals surface area contributed by atoms with Crippen LogP contribution < -0.4 is 10.6 Å². The first-order valence-corrected chi connectivity index (χ1v) is 6.81. The number of carboxylic acid groups (broad SMARTS) is 1. The van der Waals surface area contributed by atoms with Gasteiger partial charge in [0, 0.05) is 11.1 Å². The third kappa shape index (κ3) is 2.99. The second-order valence-electron chi connectivity index (χ2n) is 3.44. The first-order valence-electron chi connectivity index (χ1n) is 4.95. The fraction of sp³-hybridized carbons (Fsp3) is 0.333. The Morgan fingerprint density at radius 3 is 2.94 bits per heavy atom. The first-order chi connectivity index (χ1) is 8.56. The molecule has 18 heavy (non-hydrogen) atoms. The van der Waals surface area contributed by atoms with Crippen molar-refractivity contribution in [1.29, 1.82) is 0 Å². The number of hydrogen-bond donors (Lipinski definition) is 3. The van der Waals surface area contributed by atoms with Crippen molar-refractivity contribution in [3.05, 3.63) is 16.1 Å². The van der Waals surface area contributed by atoms with Crippen molar-refractivity contribution >= 4 is 40.2 Å². The molecule has 2 amide bonds. The highest BCUT2D eigenvalue weighted by Crippen LogP contribution is 2.13. The molecule has 1 fully saturated rings. The van der Waals surface area contributed by atoms with Crippen LogP contribution in [0.3, 0.4) is 0 Å². The zero-order chi connectivity index (χ0) is 13.1. The molecule has 3 N–H and O–H groups in total. The maximum atomic E-state index is 11.6. The van der Waals surface area contributed by atoms with Gasteiger partial charge in [0.05, 0.1) is 6.54 Å². The molecule has 1 atom stereocenters. The molecule has 1 aromatic rings. The summed E-state index contributed by atoms with van der Waals surface area (Å²) in [5.41, 5.74) is -0.0334. The topological polar surface area (TPSA) is 108 Å². The van der Waals surface area contributed by atoms with E-state index >= 15 is 0 Å². The van der Waals surface area contributed by atoms with Crippen LogP contribution in [0.25, 0.3) is 0 Å². The lowest BCUT2D eigenvalue weighted by atomic mass is 10.3. The molecule has 7 nitrogen and oxygen atoms in total. The average Bonchev–Trinajstić information content (AvgIpc) is 2.94. The summed E-state index contributed by atoms with van der Waals surface area (Å²) < 4.78 is 0. The Morgan fingerprint density at radius 2 is 2.39 bits per heavy atom. The molecule has 0 aliphatic carbocycles. The molecule has 1 aliphatic heterocycles. The Hall–Kier alpha value is -1.61. The number of carbonyl (C=O) groups excluding carboxylic acids is 2. The van der Waals surface area contributed by atoms with E-state index in [1.807, 2.05) is 0 Å². The summed E-state index contributed by atoms with van der Waals surface area (Å²) in [7, 11) is 0. The quantitative estimate of drug-likeness (QED) is 0.734. The summed E-state index contributed by atoms with van der Waals surface area (Å²) in [6.45, 7) is 0.161. The number of hydrogen-bond acceptors (Lipinski definition) is 6. The van der Waals surface area contributed by atoms with E-state index in [0.29, 0.717) is 10.8 Å². The number of aromatic carboxylic acids is 1. The van der Waals surface area contributed by atoms with Gasteiger partial charge < -0.3 is 15.7 Å². The number of rotatable bonds is 4. The maximum Gasteiger partial charge on any atom is 0.355 e. The van der Waals surface area contributed by atoms with Gasteiger partial charge in [0.15, 0.2) is 5.69 Å². The lowest BCUT2D eigenvalue weighted by Gasteiger charge is -2.08. The molecular formula is C9H9N3O4S2. The van der Waals surface area contributed by atoms with Gasteiger partial charge in [0.2, 0.25) is 5.91 Å². The zero-order valence-electron chi connectivity index (χ0n) is 9.00. The van der Waals surface area contributed by atoms with E-state index in [0.717, 1.165) is 23.1 Å². The Balaban J connectivity index is 1.85. The summed E-state index contributed by atoms with van der Waals surface area (Å²) >= 11 is 2.23. The predicted octanol–water partition coefficient (Wildman–Crippen LogP) is 0.282. The van der Waals surface area contributed by atoms with Crippen LogP contribution in [0.2, 0.25) is 0 Å². The lowest BCUT2D eigenvalue weighted by Crippen LogP contribution is -2.42. The minimum atomic E-state index is -1.09. The van der Waals surface area contributed by atoms with Crippen LogP contribution in [-0.2, 0) is 11.3 Å². The average molecular weight is 287 g/mol. The van der Waals surface area contributed by atoms with E-state index in [2.05, 4.69) is 15.6 Å². The van der Waals surface area contributed by atoms with E-state index in [9.17, 15) is 14.4 Å². The number of carboxylic acids is 1. The molecule has 0 radical (unpaired) electrons. The molecule has 2 heterocycles. The number of nitrogens with one attached hydrogen (secondary N) is 2. The lowest BCUT2D eigenvalue weighted by molar-refractivity contribution is -0.122. The van der Waals surface area contributed by atoms with Gasteiger partial charge in [0.25, 0.3) is 5.24 Å². The molecule has 0 saturated carbocycles. The number of thioether (sulfide) groups is 1. The normalized spacial score (nSPS) is 18.4. The third-order valence-corrected chi connectivity index (χ3v) is 3.90. The Labute approximate surface area is 110 Å². The number of amides is 2. The number of thiazole rings is 1. The summed E-state index contributed by atoms with van der Waals surface area (Å²) in [5.74, 6) is -0.980. The number of nitrogens with zero attached hydrogens (tertiary/aromatic N) is 1. The van der Waals surface area contributed by atoms with Crippen molar-refractivity contribution in [1.82, 2.24) is 15.6 Å². The molecule has 96 valence electrons. The van der Waals surface area contributed by atoms with Crippen LogP contribution in [0.5, 0.6) is 0 Å². The molecule has 2 rings (SSSR count). The highest BCUT2D eigenvalue weighted by molar-refractivity contribution is 8.14. The van der Waals surface area contributed by atoms with Crippen LogP contribution in [0.15, 0.2) is 5.38 Å². The molecule has 1 saturated heterocycles. The van der Waals surface area contributed by atoms with Gasteiger partial charge >= 0.3 is 5.97 Å². The van der Waals surface area contributed by atoms with Crippen LogP contribution in [0.4, 0.5) is 4.79 Å². The summed E-state index contributed by atoms with van der Waals surface area (Å²) in [6, 6.07) is -0.526. The third-order valence-electron chi connectivity index (χ3n) is 2.17. The van der Waals surface area contributed by atoms with E-state index in [4.69, 9.17) is 5.11 Å². The Kier molecular flexibility index (Phi) is 3.82. The fourth-order valence-corrected chi connectivity index (χ4v) is 2.79. The molecular weight excluding hydrogens is 278 g/mol. The van der Waals surface area contributed by atoms with Gasteiger partial charge in [-0.25, -0.2) is 9.78 Å². The van der Waals surface area contributed by atoms with Gasteiger partial charge in [0.1, 0.15) is 11.0 Å². The summed E-state index contributed by atoms with van der Waals surface area (Å²) in [5, 5.41) is 15.5. The van der Waals surface area contributed by atoms with Crippen molar-refractivity contribution < 1.29 is 19.5 Å². The summed E-state index contributed by atoms with van der Waals surface area (Å²) in [4.78, 5) is 37.0. The van der Waals surface area contributed by atoms with Gasteiger partial charge in [-0.1, -0.05) is 11.8 Å². The second kappa shape index (κ2) is 5.36. The number of carbonyl (C=O) groups is 3. The van der Waals surface area contributed by atoms with Crippen molar-refractivity contribution in [3.63, 3.8) is 0 Å². The van der Waals surface area contributed by atoms with Gasteiger partial charge in [-0.05, 0) is 0 Å². The molecule has 0 spiro atoms. The SMILES string of the molecule is O=C1NC(C(=O)NCc2nc(C(=O)O)cs2)CS1. The van der Waals surface area contributed by atoms with Crippen molar-refractivity contribution in [2.24, 2.45) is 0 Å². The standard InChI is InChI=1S/C9H9N3O4S2/c13-7(4-2-18-9(16)12-4)10-1-6-11-5(3-17-6)8(14)15/h3-4H,1-2H2,(H,10,13)(H,12,16)(H,14,15). The molecule has 1 aromatic heterocycles. The summed E-state index contributed by atoms with van der Waals surface area (Å²) in [6.07, 6.45) is 0. The first kappa shape index (κ1) is 12.8. The van der Waals surface area contributed by atoms with Crippen LogP contribution >= 0.6 is 23.1 Å². The van der Waals surface area contributed by atoms with Gasteiger partial charge in [-0.15, -0.1) is 11.3 Å². The zero-order valence-corrected chi connectivity index (χ0v) is 10.6. The van der Waals surface area contributed by atoms with Crippen molar-refractivity contribution in [2.45, 2.75) is 12.6 Å². The predicted molar refractivity (Wildman–Crippen MR) is 65.7 cm³/mol. The maximum absolute atomic E-state index is 11.6. The molecule has 0 aromatic carbocycles. The van der Waals surface area contributed by atoms with Crippen LogP contribution in [-0.4, -0.2) is 39.0 Å². The van der Waals surface area contributed by atoms with Crippen molar-refractivity contribution in [2.75, 3.05) is 5.75 Å². The Morgan fingerprint density at radius 1 is 1.61 bits per heavy atom. The van der Waals surface area contributed by atoms with E-state index in [-0.39, 0.29) is 23.4 Å². The molecule has 1 aliphatic rings. The highest BCUT2D eigenvalue weighted by atomic mass is 32.2. The number of aromatic nitrogens is 1. The van der Waals surface area contributed by atoms with Crippen LogP contribution in [0.1, 0.15) is 15.5 Å². The fourth-order valence-electron chi connectivity index (χ4n) is 1.30. The molecule has 1 unspecified atom stereocenters. The molecule has 9 heteroatoms. The minimum Gasteiger partial charge on any atom is -0.476 e. The van der Waals surface area contributed by atoms with Gasteiger partial charge in [-0.2, -0.15) is 0 Å². The van der Waals surface area contributed by atoms with E-state index in [1.165, 1.54) is 5.38 Å². The monoisotopic (exact) mass is 287 g/mol. The highest BCUT2D eigenvalue weighted by Gasteiger charge is 2.27. The largest absolute Gasteiger partial charge is 0.476 e. The van der Waals surface area contributed by atoms with Crippen LogP contribution in [0, 0.1) is 0 Å². The smallest absolute Gasteiger partial charge is 0.355 e.